The lowest BCUT2D eigenvalue weighted by molar-refractivity contribution is -0.133. The third-order valence-corrected chi connectivity index (χ3v) is 4.63. The van der Waals surface area contributed by atoms with Crippen LogP contribution in [0.1, 0.15) is 24.5 Å². The maximum Gasteiger partial charge on any atom is 0.336 e. The predicted octanol–water partition coefficient (Wildman–Crippen LogP) is 3.92. The van der Waals surface area contributed by atoms with Gasteiger partial charge in [0.25, 0.3) is 0 Å². The zero-order valence-electron chi connectivity index (χ0n) is 17.4. The van der Waals surface area contributed by atoms with Crippen molar-refractivity contribution in [3.8, 4) is 23.0 Å². The number of carbonyl (C=O) groups excluding carboxylic acids is 1. The largest absolute Gasteiger partial charge is 0.493 e. The van der Waals surface area contributed by atoms with Crippen molar-refractivity contribution >= 4 is 16.9 Å². The number of ether oxygens (including phenoxy) is 4. The molecular formula is C23H24O7. The van der Waals surface area contributed by atoms with Crippen LogP contribution in [0, 0.1) is 0 Å². The van der Waals surface area contributed by atoms with Crippen molar-refractivity contribution in [2.24, 2.45) is 0 Å². The Morgan fingerprint density at radius 3 is 2.27 bits per heavy atom. The third-order valence-electron chi connectivity index (χ3n) is 4.63. The van der Waals surface area contributed by atoms with Gasteiger partial charge in [-0.05, 0) is 41.8 Å². The van der Waals surface area contributed by atoms with Gasteiger partial charge in [-0.15, -0.1) is 0 Å². The van der Waals surface area contributed by atoms with Gasteiger partial charge in [0.15, 0.2) is 11.5 Å². The minimum absolute atomic E-state index is 0.00538. The van der Waals surface area contributed by atoms with E-state index in [0.717, 1.165) is 23.8 Å². The first-order valence-electron chi connectivity index (χ1n) is 9.55. The van der Waals surface area contributed by atoms with Crippen molar-refractivity contribution in [2.75, 3.05) is 21.3 Å². The summed E-state index contributed by atoms with van der Waals surface area (Å²) in [6.45, 7) is 2.04. The van der Waals surface area contributed by atoms with Crippen LogP contribution in [-0.2, 0) is 17.6 Å². The number of benzene rings is 2. The number of methoxy groups -OCH3 is 3. The monoisotopic (exact) mass is 412 g/mol. The molecular weight excluding hydrogens is 388 g/mol. The smallest absolute Gasteiger partial charge is 0.336 e. The Kier molecular flexibility index (Phi) is 6.61. The molecule has 0 amide bonds. The quantitative estimate of drug-likeness (QED) is 0.315. The highest BCUT2D eigenvalue weighted by molar-refractivity contribution is 5.83. The van der Waals surface area contributed by atoms with Crippen LogP contribution in [0.5, 0.6) is 23.0 Å². The third kappa shape index (κ3) is 4.56. The molecule has 0 atom stereocenters. The molecule has 158 valence electrons. The molecule has 1 aromatic heterocycles. The molecule has 0 saturated carbocycles. The summed E-state index contributed by atoms with van der Waals surface area (Å²) in [5, 5.41) is 0.834. The van der Waals surface area contributed by atoms with Gasteiger partial charge < -0.3 is 23.4 Å². The Morgan fingerprint density at radius 1 is 0.967 bits per heavy atom. The molecule has 7 nitrogen and oxygen atoms in total. The second kappa shape index (κ2) is 9.35. The fourth-order valence-corrected chi connectivity index (χ4v) is 3.32. The van der Waals surface area contributed by atoms with E-state index in [2.05, 4.69) is 0 Å². The van der Waals surface area contributed by atoms with Crippen LogP contribution < -0.4 is 24.6 Å². The van der Waals surface area contributed by atoms with Gasteiger partial charge in [-0.3, -0.25) is 4.79 Å². The van der Waals surface area contributed by atoms with Crippen molar-refractivity contribution in [3.63, 3.8) is 0 Å². The van der Waals surface area contributed by atoms with E-state index in [0.29, 0.717) is 34.1 Å². The standard InChI is InChI=1S/C23H24O7/c1-5-6-15-12-22(25)30-18-13-16(7-8-17(15)18)29-21(24)11-14-9-19(26-2)23(28-4)20(10-14)27-3/h7-10,12-13H,5-6,11H2,1-4H3. The van der Waals surface area contributed by atoms with Crippen LogP contribution in [0.3, 0.4) is 0 Å². The SMILES string of the molecule is CCCc1cc(=O)oc2cc(OC(=O)Cc3cc(OC)c(OC)c(OC)c3)ccc12. The molecule has 1 heterocycles. The molecule has 3 rings (SSSR count). The zero-order chi connectivity index (χ0) is 21.7. The summed E-state index contributed by atoms with van der Waals surface area (Å²) in [5.41, 5.74) is 1.53. The molecule has 3 aromatic rings. The summed E-state index contributed by atoms with van der Waals surface area (Å²) in [4.78, 5) is 24.3. The topological polar surface area (TPSA) is 84.2 Å². The summed E-state index contributed by atoms with van der Waals surface area (Å²) in [6, 6.07) is 9.93. The van der Waals surface area contributed by atoms with Gasteiger partial charge in [0, 0.05) is 17.5 Å². The highest BCUT2D eigenvalue weighted by Crippen LogP contribution is 2.38. The van der Waals surface area contributed by atoms with Crippen molar-refractivity contribution in [2.45, 2.75) is 26.2 Å². The summed E-state index contributed by atoms with van der Waals surface area (Å²) in [6.07, 6.45) is 1.67. The first-order valence-corrected chi connectivity index (χ1v) is 9.55. The van der Waals surface area contributed by atoms with Crippen LogP contribution in [0.2, 0.25) is 0 Å². The minimum Gasteiger partial charge on any atom is -0.493 e. The van der Waals surface area contributed by atoms with Crippen LogP contribution >= 0.6 is 0 Å². The average Bonchev–Trinajstić information content (AvgIpc) is 2.72. The molecule has 30 heavy (non-hydrogen) atoms. The second-order valence-corrected chi connectivity index (χ2v) is 6.68. The van der Waals surface area contributed by atoms with Crippen molar-refractivity contribution < 1.29 is 28.2 Å². The molecule has 0 aliphatic heterocycles. The summed E-state index contributed by atoms with van der Waals surface area (Å²) in [5.74, 6) is 1.18. The van der Waals surface area contributed by atoms with Gasteiger partial charge in [-0.2, -0.15) is 0 Å². The number of esters is 1. The molecule has 0 N–H and O–H groups in total. The Morgan fingerprint density at radius 2 is 1.67 bits per heavy atom. The number of carbonyl (C=O) groups is 1. The van der Waals surface area contributed by atoms with Gasteiger partial charge in [-0.1, -0.05) is 13.3 Å². The van der Waals surface area contributed by atoms with E-state index in [-0.39, 0.29) is 6.42 Å². The normalized spacial score (nSPS) is 10.7. The van der Waals surface area contributed by atoms with Crippen molar-refractivity contribution in [1.29, 1.82) is 0 Å². The van der Waals surface area contributed by atoms with E-state index in [1.807, 2.05) is 6.92 Å². The molecule has 0 radical (unpaired) electrons. The molecule has 7 heteroatoms. The van der Waals surface area contributed by atoms with E-state index >= 15 is 0 Å². The van der Waals surface area contributed by atoms with E-state index in [9.17, 15) is 9.59 Å². The van der Waals surface area contributed by atoms with Crippen molar-refractivity contribution in [1.82, 2.24) is 0 Å². The number of fused-ring (bicyclic) bond motifs is 1. The summed E-state index contributed by atoms with van der Waals surface area (Å²) in [7, 11) is 4.53. The van der Waals surface area contributed by atoms with E-state index < -0.39 is 11.6 Å². The molecule has 0 saturated heterocycles. The number of rotatable bonds is 8. The minimum atomic E-state index is -0.476. The lowest BCUT2D eigenvalue weighted by Crippen LogP contribution is -2.12. The average molecular weight is 412 g/mol. The van der Waals surface area contributed by atoms with Crippen LogP contribution in [0.25, 0.3) is 11.0 Å². The van der Waals surface area contributed by atoms with E-state index in [4.69, 9.17) is 23.4 Å². The Balaban J connectivity index is 1.83. The first-order chi connectivity index (χ1) is 14.5. The van der Waals surface area contributed by atoms with Gasteiger partial charge in [0.1, 0.15) is 11.3 Å². The van der Waals surface area contributed by atoms with Crippen LogP contribution in [0.4, 0.5) is 0 Å². The maximum absolute atomic E-state index is 12.5. The predicted molar refractivity (Wildman–Crippen MR) is 112 cm³/mol. The lowest BCUT2D eigenvalue weighted by atomic mass is 10.1. The van der Waals surface area contributed by atoms with Gasteiger partial charge >= 0.3 is 11.6 Å². The van der Waals surface area contributed by atoms with Crippen LogP contribution in [-0.4, -0.2) is 27.3 Å². The van der Waals surface area contributed by atoms with Crippen molar-refractivity contribution in [3.05, 3.63) is 57.9 Å². The Hall–Kier alpha value is -3.48. The lowest BCUT2D eigenvalue weighted by Gasteiger charge is -2.14. The number of hydrogen-bond acceptors (Lipinski definition) is 7. The zero-order valence-corrected chi connectivity index (χ0v) is 17.4. The highest BCUT2D eigenvalue weighted by atomic mass is 16.5. The molecule has 0 spiro atoms. The van der Waals surface area contributed by atoms with E-state index in [1.54, 1.807) is 30.3 Å². The van der Waals surface area contributed by atoms with Crippen LogP contribution in [0.15, 0.2) is 45.6 Å². The molecule has 2 aromatic carbocycles. The Bertz CT molecular complexity index is 1090. The number of aryl methyl sites for hydroxylation is 1. The summed E-state index contributed by atoms with van der Waals surface area (Å²) >= 11 is 0. The fraction of sp³-hybridized carbons (Fsp3) is 0.304. The van der Waals surface area contributed by atoms with Gasteiger partial charge in [0.05, 0.1) is 27.8 Å². The van der Waals surface area contributed by atoms with Gasteiger partial charge in [0.2, 0.25) is 5.75 Å². The van der Waals surface area contributed by atoms with E-state index in [1.165, 1.54) is 27.4 Å². The maximum atomic E-state index is 12.5. The van der Waals surface area contributed by atoms with Gasteiger partial charge in [-0.25, -0.2) is 4.79 Å². The second-order valence-electron chi connectivity index (χ2n) is 6.68. The molecule has 0 bridgehead atoms. The fourth-order valence-electron chi connectivity index (χ4n) is 3.32. The molecule has 0 unspecified atom stereocenters. The summed E-state index contributed by atoms with van der Waals surface area (Å²) < 4.78 is 26.6. The first kappa shape index (κ1) is 21.2. The highest BCUT2D eigenvalue weighted by Gasteiger charge is 2.16. The Labute approximate surface area is 174 Å². The molecule has 0 fully saturated rings. The molecule has 0 aliphatic rings. The number of hydrogen-bond donors (Lipinski definition) is 0. The molecule has 0 aliphatic carbocycles.